The van der Waals surface area contributed by atoms with Crippen LogP contribution < -0.4 is 0 Å². The maximum absolute atomic E-state index is 8.89. The Bertz CT molecular complexity index is 451. The van der Waals surface area contributed by atoms with Crippen molar-refractivity contribution < 1.29 is 24.7 Å². The van der Waals surface area contributed by atoms with Crippen molar-refractivity contribution in [3.05, 3.63) is 48.3 Å². The van der Waals surface area contributed by atoms with Crippen LogP contribution in [0, 0.1) is 0 Å². The Balaban J connectivity index is 0.00000144. The van der Waals surface area contributed by atoms with Gasteiger partial charge in [-0.25, -0.2) is 0 Å². The van der Waals surface area contributed by atoms with E-state index in [1.54, 1.807) is 24.3 Å². The van der Waals surface area contributed by atoms with Gasteiger partial charge in [0.25, 0.3) is 0 Å². The summed E-state index contributed by atoms with van der Waals surface area (Å²) in [7, 11) is 0. The molecule has 17 heavy (non-hydrogen) atoms. The molecule has 0 aliphatic heterocycles. The van der Waals surface area contributed by atoms with E-state index in [2.05, 4.69) is 10.3 Å². The predicted molar refractivity (Wildman–Crippen MR) is 57.7 cm³/mol. The van der Waals surface area contributed by atoms with Crippen LogP contribution in [-0.2, 0) is 0 Å². The average Bonchev–Trinajstić information content (AvgIpc) is 2.97. The summed E-state index contributed by atoms with van der Waals surface area (Å²) in [5.41, 5.74) is -0.0232. The third-order valence-electron chi connectivity index (χ3n) is 1.93. The summed E-state index contributed by atoms with van der Waals surface area (Å²) in [6.45, 7) is 0. The zero-order valence-corrected chi connectivity index (χ0v) is 8.57. The normalized spacial score (nSPS) is 12.2. The molecule has 2 heterocycles. The van der Waals surface area contributed by atoms with Gasteiger partial charge in [0.05, 0.1) is 12.5 Å². The van der Waals surface area contributed by atoms with E-state index in [4.69, 9.17) is 19.2 Å². The quantitative estimate of drug-likeness (QED) is 0.472. The van der Waals surface area contributed by atoms with Gasteiger partial charge in [-0.05, 0) is 24.3 Å². The molecular formula is C10H10N2O5. The van der Waals surface area contributed by atoms with Gasteiger partial charge in [0.1, 0.15) is 0 Å². The fraction of sp³-hybridized carbons (Fsp3) is 0. The van der Waals surface area contributed by atoms with Crippen molar-refractivity contribution in [2.24, 2.45) is 10.3 Å². The molecule has 0 aliphatic carbocycles. The summed E-state index contributed by atoms with van der Waals surface area (Å²) < 4.78 is 10.1. The first-order valence-corrected chi connectivity index (χ1v) is 4.39. The highest BCUT2D eigenvalue weighted by molar-refractivity contribution is 6.52. The number of furan rings is 2. The zero-order chi connectivity index (χ0) is 11.4. The first-order chi connectivity index (χ1) is 7.86. The highest BCUT2D eigenvalue weighted by Gasteiger charge is 2.20. The van der Waals surface area contributed by atoms with Crippen LogP contribution in [0.5, 0.6) is 0 Å². The third-order valence-corrected chi connectivity index (χ3v) is 1.93. The second-order valence-electron chi connectivity index (χ2n) is 2.85. The Hall–Kier alpha value is -2.54. The summed E-state index contributed by atoms with van der Waals surface area (Å²) in [6, 6.07) is 6.39. The number of hydrogen-bond acceptors (Lipinski definition) is 6. The van der Waals surface area contributed by atoms with E-state index >= 15 is 0 Å². The fourth-order valence-electron chi connectivity index (χ4n) is 1.25. The number of oxime groups is 2. The number of hydrogen-bond donors (Lipinski definition) is 2. The van der Waals surface area contributed by atoms with E-state index < -0.39 is 0 Å². The molecule has 2 rings (SSSR count). The van der Waals surface area contributed by atoms with E-state index in [0.29, 0.717) is 0 Å². The largest absolute Gasteiger partial charge is 0.463 e. The first kappa shape index (κ1) is 12.5. The van der Waals surface area contributed by atoms with E-state index in [1.165, 1.54) is 12.5 Å². The molecule has 0 atom stereocenters. The van der Waals surface area contributed by atoms with E-state index in [-0.39, 0.29) is 28.4 Å². The lowest BCUT2D eigenvalue weighted by Gasteiger charge is -2.00. The molecular weight excluding hydrogens is 228 g/mol. The van der Waals surface area contributed by atoms with Gasteiger partial charge < -0.3 is 24.7 Å². The zero-order valence-electron chi connectivity index (χ0n) is 8.57. The molecule has 0 unspecified atom stereocenters. The molecule has 0 radical (unpaired) electrons. The molecule has 2 aromatic rings. The van der Waals surface area contributed by atoms with Crippen LogP contribution in [-0.4, -0.2) is 27.3 Å². The molecule has 0 amide bonds. The molecule has 7 nitrogen and oxygen atoms in total. The minimum atomic E-state index is -0.0116. The topological polar surface area (TPSA) is 123 Å². The molecule has 0 bridgehead atoms. The van der Waals surface area contributed by atoms with Crippen molar-refractivity contribution in [1.29, 1.82) is 0 Å². The maximum Gasteiger partial charge on any atom is 0.177 e. The van der Waals surface area contributed by atoms with Crippen molar-refractivity contribution in [3.8, 4) is 0 Å². The highest BCUT2D eigenvalue weighted by atomic mass is 16.4. The molecule has 0 fully saturated rings. The van der Waals surface area contributed by atoms with Gasteiger partial charge in [-0.2, -0.15) is 0 Å². The predicted octanol–water partition coefficient (Wildman–Crippen LogP) is 1.10. The van der Waals surface area contributed by atoms with Gasteiger partial charge in [-0.3, -0.25) is 0 Å². The van der Waals surface area contributed by atoms with Crippen LogP contribution in [0.3, 0.4) is 0 Å². The number of rotatable bonds is 3. The van der Waals surface area contributed by atoms with Crippen LogP contribution in [0.2, 0.25) is 0 Å². The summed E-state index contributed by atoms with van der Waals surface area (Å²) >= 11 is 0. The summed E-state index contributed by atoms with van der Waals surface area (Å²) in [6.07, 6.45) is 2.83. The lowest BCUT2D eigenvalue weighted by molar-refractivity contribution is 0.312. The highest BCUT2D eigenvalue weighted by Crippen LogP contribution is 2.10. The Labute approximate surface area is 95.6 Å². The van der Waals surface area contributed by atoms with Crippen molar-refractivity contribution in [2.45, 2.75) is 0 Å². The molecule has 0 saturated heterocycles. The van der Waals surface area contributed by atoms with Gasteiger partial charge in [-0.1, -0.05) is 10.3 Å². The van der Waals surface area contributed by atoms with Crippen molar-refractivity contribution in [1.82, 2.24) is 0 Å². The van der Waals surface area contributed by atoms with Gasteiger partial charge in [0.15, 0.2) is 22.9 Å². The van der Waals surface area contributed by atoms with Crippen LogP contribution in [0.4, 0.5) is 0 Å². The maximum atomic E-state index is 8.89. The van der Waals surface area contributed by atoms with Crippen molar-refractivity contribution in [3.63, 3.8) is 0 Å². The summed E-state index contributed by atoms with van der Waals surface area (Å²) in [5, 5.41) is 23.8. The van der Waals surface area contributed by atoms with E-state index in [1.807, 2.05) is 0 Å². The Kier molecular flexibility index (Phi) is 4.07. The minimum absolute atomic E-state index is 0. The molecule has 2 aromatic heterocycles. The number of nitrogens with zero attached hydrogens (tertiary/aromatic N) is 2. The monoisotopic (exact) mass is 238 g/mol. The van der Waals surface area contributed by atoms with Crippen molar-refractivity contribution in [2.75, 3.05) is 0 Å². The molecule has 7 heteroatoms. The Morgan fingerprint density at radius 1 is 0.882 bits per heavy atom. The minimum Gasteiger partial charge on any atom is -0.463 e. The van der Waals surface area contributed by atoms with Gasteiger partial charge in [0, 0.05) is 0 Å². The molecule has 90 valence electrons. The Morgan fingerprint density at radius 3 is 1.53 bits per heavy atom. The van der Waals surface area contributed by atoms with E-state index in [9.17, 15) is 0 Å². The second kappa shape index (κ2) is 5.52. The summed E-state index contributed by atoms with van der Waals surface area (Å²) in [5.74, 6) is 0.540. The molecule has 4 N–H and O–H groups in total. The SMILES string of the molecule is O.O/N=C(/C(=N/O)c1ccco1)c1ccco1. The second-order valence-corrected chi connectivity index (χ2v) is 2.85. The smallest absolute Gasteiger partial charge is 0.177 e. The van der Waals surface area contributed by atoms with Crippen LogP contribution in [0.15, 0.2) is 55.9 Å². The van der Waals surface area contributed by atoms with Gasteiger partial charge in [0.2, 0.25) is 0 Å². The van der Waals surface area contributed by atoms with Crippen LogP contribution in [0.25, 0.3) is 0 Å². The van der Waals surface area contributed by atoms with Crippen molar-refractivity contribution >= 4 is 11.4 Å². The molecule has 0 aliphatic rings. The molecule has 0 aromatic carbocycles. The summed E-state index contributed by atoms with van der Waals surface area (Å²) in [4.78, 5) is 0. The van der Waals surface area contributed by atoms with E-state index in [0.717, 1.165) is 0 Å². The standard InChI is InChI=1S/C10H8N2O4.H2O/c13-11-9(7-3-1-5-15-7)10(12-14)8-4-2-6-16-8;/h1-6,13-14H;1H2/b11-9+,12-10+;. The molecule has 0 saturated carbocycles. The Morgan fingerprint density at radius 2 is 1.29 bits per heavy atom. The lowest BCUT2D eigenvalue weighted by atomic mass is 10.1. The lowest BCUT2D eigenvalue weighted by Crippen LogP contribution is -2.16. The van der Waals surface area contributed by atoms with Gasteiger partial charge in [-0.15, -0.1) is 0 Å². The fourth-order valence-corrected chi connectivity index (χ4v) is 1.25. The van der Waals surface area contributed by atoms with Crippen LogP contribution in [0.1, 0.15) is 11.5 Å². The first-order valence-electron chi connectivity index (χ1n) is 4.39. The van der Waals surface area contributed by atoms with Crippen LogP contribution >= 0.6 is 0 Å². The molecule has 0 spiro atoms. The third kappa shape index (κ3) is 2.34. The average molecular weight is 238 g/mol. The van der Waals surface area contributed by atoms with Gasteiger partial charge >= 0.3 is 0 Å².